The first-order valence-corrected chi connectivity index (χ1v) is 10.1. The van der Waals surface area contributed by atoms with Gasteiger partial charge in [0.1, 0.15) is 5.69 Å². The van der Waals surface area contributed by atoms with Crippen LogP contribution in [-0.4, -0.2) is 49.9 Å². The highest BCUT2D eigenvalue weighted by Gasteiger charge is 2.29. The van der Waals surface area contributed by atoms with E-state index in [4.69, 9.17) is 4.74 Å². The van der Waals surface area contributed by atoms with E-state index in [0.29, 0.717) is 43.1 Å². The van der Waals surface area contributed by atoms with Crippen molar-refractivity contribution in [3.63, 3.8) is 0 Å². The molecule has 1 atom stereocenters. The predicted octanol–water partition coefficient (Wildman–Crippen LogP) is 2.54. The van der Waals surface area contributed by atoms with E-state index in [1.54, 1.807) is 36.4 Å². The number of carbonyl (C=O) groups is 1. The summed E-state index contributed by atoms with van der Waals surface area (Å²) in [4.78, 5) is 42.0. The third-order valence-corrected chi connectivity index (χ3v) is 5.28. The molecule has 31 heavy (non-hydrogen) atoms. The molecule has 2 aromatic heterocycles. The summed E-state index contributed by atoms with van der Waals surface area (Å²) in [7, 11) is 0. The van der Waals surface area contributed by atoms with Gasteiger partial charge in [-0.3, -0.25) is 14.6 Å². The molecule has 0 radical (unpaired) electrons. The molecule has 1 aliphatic heterocycles. The van der Waals surface area contributed by atoms with Crippen molar-refractivity contribution in [3.8, 4) is 17.3 Å². The second-order valence-electron chi connectivity index (χ2n) is 7.40. The highest BCUT2D eigenvalue weighted by Crippen LogP contribution is 2.27. The van der Waals surface area contributed by atoms with Crippen LogP contribution in [0.25, 0.3) is 11.5 Å². The number of piperidine rings is 1. The Morgan fingerprint density at radius 2 is 2.03 bits per heavy atom. The zero-order chi connectivity index (χ0) is 21.8. The molecular weight excluding hydrogens is 401 g/mol. The topological polar surface area (TPSA) is 101 Å². The number of benzene rings is 1. The van der Waals surface area contributed by atoms with E-state index in [1.165, 1.54) is 24.4 Å². The van der Waals surface area contributed by atoms with Crippen LogP contribution in [-0.2, 0) is 4.79 Å². The number of rotatable bonds is 5. The van der Waals surface area contributed by atoms with E-state index in [9.17, 15) is 14.0 Å². The molecule has 3 heterocycles. The van der Waals surface area contributed by atoms with Gasteiger partial charge >= 0.3 is 0 Å². The maximum Gasteiger partial charge on any atom is 0.263 e. The zero-order valence-corrected chi connectivity index (χ0v) is 17.0. The van der Waals surface area contributed by atoms with Crippen LogP contribution in [0.3, 0.4) is 0 Å². The summed E-state index contributed by atoms with van der Waals surface area (Å²) < 4.78 is 19.3. The van der Waals surface area contributed by atoms with Crippen LogP contribution < -0.4 is 10.3 Å². The lowest BCUT2D eigenvalue weighted by molar-refractivity contribution is -0.139. The van der Waals surface area contributed by atoms with Gasteiger partial charge in [0.25, 0.3) is 11.5 Å². The van der Waals surface area contributed by atoms with Gasteiger partial charge in [-0.1, -0.05) is 12.1 Å². The first kappa shape index (κ1) is 20.6. The van der Waals surface area contributed by atoms with Crippen LogP contribution >= 0.6 is 0 Å². The SMILES string of the molecule is C[C@H](Oc1ccccc1F)C(=O)N1CCC(c2cc(=O)[nH]c(-c3cnccn3)n2)CC1. The monoisotopic (exact) mass is 423 g/mol. The van der Waals surface area contributed by atoms with Gasteiger partial charge in [-0.15, -0.1) is 0 Å². The molecule has 0 aliphatic carbocycles. The summed E-state index contributed by atoms with van der Waals surface area (Å²) in [6.45, 7) is 2.62. The number of aromatic nitrogens is 4. The van der Waals surface area contributed by atoms with Crippen molar-refractivity contribution in [2.75, 3.05) is 13.1 Å². The minimum absolute atomic E-state index is 0.0459. The Morgan fingerprint density at radius 3 is 2.74 bits per heavy atom. The number of nitrogens with zero attached hydrogens (tertiary/aromatic N) is 4. The number of aromatic amines is 1. The van der Waals surface area contributed by atoms with E-state index in [2.05, 4.69) is 19.9 Å². The molecule has 8 nitrogen and oxygen atoms in total. The lowest BCUT2D eigenvalue weighted by Crippen LogP contribution is -2.44. The van der Waals surface area contributed by atoms with Crippen molar-refractivity contribution in [3.05, 3.63) is 70.8 Å². The molecule has 3 aromatic rings. The fourth-order valence-corrected chi connectivity index (χ4v) is 3.66. The summed E-state index contributed by atoms with van der Waals surface area (Å²) in [6, 6.07) is 7.51. The maximum atomic E-state index is 13.8. The molecule has 0 spiro atoms. The second kappa shape index (κ2) is 9.03. The van der Waals surface area contributed by atoms with Gasteiger partial charge in [0.2, 0.25) is 0 Å². The number of H-pyrrole nitrogens is 1. The average Bonchev–Trinajstić information content (AvgIpc) is 2.80. The summed E-state index contributed by atoms with van der Waals surface area (Å²) in [5.41, 5.74) is 0.913. The van der Waals surface area contributed by atoms with Crippen LogP contribution in [0.2, 0.25) is 0 Å². The molecule has 1 N–H and O–H groups in total. The Kier molecular flexibility index (Phi) is 6.01. The fourth-order valence-electron chi connectivity index (χ4n) is 3.66. The van der Waals surface area contributed by atoms with Crippen molar-refractivity contribution < 1.29 is 13.9 Å². The second-order valence-corrected chi connectivity index (χ2v) is 7.40. The van der Waals surface area contributed by atoms with Crippen molar-refractivity contribution >= 4 is 5.91 Å². The van der Waals surface area contributed by atoms with Gasteiger partial charge < -0.3 is 14.6 Å². The van der Waals surface area contributed by atoms with E-state index < -0.39 is 11.9 Å². The van der Waals surface area contributed by atoms with E-state index >= 15 is 0 Å². The predicted molar refractivity (Wildman–Crippen MR) is 111 cm³/mol. The van der Waals surface area contributed by atoms with E-state index in [-0.39, 0.29) is 23.1 Å². The molecule has 1 fully saturated rings. The molecule has 1 amide bonds. The molecule has 0 bridgehead atoms. The first-order valence-electron chi connectivity index (χ1n) is 10.1. The number of carbonyl (C=O) groups excluding carboxylic acids is 1. The summed E-state index contributed by atoms with van der Waals surface area (Å²) in [6.07, 6.45) is 5.16. The number of ether oxygens (including phenoxy) is 1. The lowest BCUT2D eigenvalue weighted by Gasteiger charge is -2.33. The number of para-hydroxylation sites is 1. The zero-order valence-electron chi connectivity index (χ0n) is 17.0. The van der Waals surface area contributed by atoms with E-state index in [1.807, 2.05) is 0 Å². The third-order valence-electron chi connectivity index (χ3n) is 5.28. The highest BCUT2D eigenvalue weighted by molar-refractivity contribution is 5.81. The minimum atomic E-state index is -0.797. The fraction of sp³-hybridized carbons (Fsp3) is 0.318. The highest BCUT2D eigenvalue weighted by atomic mass is 19.1. The smallest absolute Gasteiger partial charge is 0.263 e. The Labute approximate surface area is 178 Å². The van der Waals surface area contributed by atoms with Crippen LogP contribution in [0.5, 0.6) is 5.75 Å². The van der Waals surface area contributed by atoms with Gasteiger partial charge in [-0.2, -0.15) is 0 Å². The van der Waals surface area contributed by atoms with Crippen LogP contribution in [0.4, 0.5) is 4.39 Å². The van der Waals surface area contributed by atoms with Crippen LogP contribution in [0.15, 0.2) is 53.7 Å². The third kappa shape index (κ3) is 4.76. The molecule has 9 heteroatoms. The van der Waals surface area contributed by atoms with Gasteiger partial charge in [-0.25, -0.2) is 14.4 Å². The largest absolute Gasteiger partial charge is 0.478 e. The van der Waals surface area contributed by atoms with Gasteiger partial charge in [0, 0.05) is 37.5 Å². The molecule has 0 saturated carbocycles. The quantitative estimate of drug-likeness (QED) is 0.677. The summed E-state index contributed by atoms with van der Waals surface area (Å²) in [5, 5.41) is 0. The summed E-state index contributed by atoms with van der Waals surface area (Å²) >= 11 is 0. The number of hydrogen-bond donors (Lipinski definition) is 1. The molecule has 0 unspecified atom stereocenters. The Bertz CT molecular complexity index is 1110. The minimum Gasteiger partial charge on any atom is -0.478 e. The number of likely N-dealkylation sites (tertiary alicyclic amines) is 1. The normalized spacial score (nSPS) is 15.5. The number of amides is 1. The van der Waals surface area contributed by atoms with Crippen molar-refractivity contribution in [2.45, 2.75) is 31.8 Å². The Hall–Kier alpha value is -3.62. The van der Waals surface area contributed by atoms with Gasteiger partial charge in [0.15, 0.2) is 23.5 Å². The maximum absolute atomic E-state index is 13.8. The van der Waals surface area contributed by atoms with Gasteiger partial charge in [-0.05, 0) is 31.9 Å². The number of hydrogen-bond acceptors (Lipinski definition) is 6. The number of halogens is 1. The van der Waals surface area contributed by atoms with E-state index in [0.717, 1.165) is 0 Å². The Morgan fingerprint density at radius 1 is 1.26 bits per heavy atom. The molecule has 1 aliphatic rings. The van der Waals surface area contributed by atoms with Crippen molar-refractivity contribution in [1.29, 1.82) is 0 Å². The molecule has 160 valence electrons. The van der Waals surface area contributed by atoms with Gasteiger partial charge in [0.05, 0.1) is 11.9 Å². The molecule has 1 aromatic carbocycles. The molecule has 4 rings (SSSR count). The standard InChI is InChI=1S/C22H22FN5O3/c1-14(31-19-5-3-2-4-16(19)23)22(30)28-10-6-15(7-11-28)17-12-20(29)27-21(26-17)18-13-24-8-9-25-18/h2-5,8-9,12-15H,6-7,10-11H2,1H3,(H,26,27,29)/t14-/m0/s1. The Balaban J connectivity index is 1.41. The summed E-state index contributed by atoms with van der Waals surface area (Å²) in [5.74, 6) is -0.214. The molecule has 1 saturated heterocycles. The average molecular weight is 423 g/mol. The van der Waals surface area contributed by atoms with Crippen LogP contribution in [0.1, 0.15) is 31.4 Å². The number of nitrogens with one attached hydrogen (secondary N) is 1. The van der Waals surface area contributed by atoms with Crippen molar-refractivity contribution in [2.24, 2.45) is 0 Å². The van der Waals surface area contributed by atoms with Crippen LogP contribution in [0, 0.1) is 5.82 Å². The molecular formula is C22H22FN5O3. The lowest BCUT2D eigenvalue weighted by atomic mass is 9.93. The van der Waals surface area contributed by atoms with Crippen molar-refractivity contribution in [1.82, 2.24) is 24.8 Å². The first-order chi connectivity index (χ1) is 15.0.